The van der Waals surface area contributed by atoms with E-state index in [1.165, 1.54) is 62.6 Å². The minimum atomic E-state index is 0.363. The highest BCUT2D eigenvalue weighted by molar-refractivity contribution is 5.76. The van der Waals surface area contributed by atoms with Crippen LogP contribution in [-0.2, 0) is 11.3 Å². The predicted octanol–water partition coefficient (Wildman–Crippen LogP) is 5.43. The van der Waals surface area contributed by atoms with E-state index in [1.54, 1.807) is 0 Å². The molecule has 4 nitrogen and oxygen atoms in total. The second-order valence-electron chi connectivity index (χ2n) is 10.1. The van der Waals surface area contributed by atoms with Gasteiger partial charge in [0.15, 0.2) is 0 Å². The molecular weight excluding hydrogens is 370 g/mol. The molecule has 1 N–H and O–H groups in total. The molecule has 1 aliphatic carbocycles. The second kappa shape index (κ2) is 10.2. The lowest BCUT2D eigenvalue weighted by Crippen LogP contribution is -2.48. The number of carbonyl (C=O) groups excluding carboxylic acids is 1. The summed E-state index contributed by atoms with van der Waals surface area (Å²) >= 11 is 0. The van der Waals surface area contributed by atoms with Gasteiger partial charge in [-0.3, -0.25) is 9.69 Å². The molecule has 0 radical (unpaired) electrons. The number of nitrogens with zero attached hydrogens (tertiary/aromatic N) is 2. The number of rotatable bonds is 4. The molecule has 4 rings (SSSR count). The van der Waals surface area contributed by atoms with Crippen LogP contribution in [0.1, 0.15) is 83.6 Å². The first-order chi connectivity index (χ1) is 14.6. The Hall–Kier alpha value is -1.55. The zero-order chi connectivity index (χ0) is 20.9. The van der Waals surface area contributed by atoms with Crippen molar-refractivity contribution in [3.8, 4) is 0 Å². The van der Waals surface area contributed by atoms with Crippen LogP contribution in [0, 0.1) is 5.92 Å². The van der Waals surface area contributed by atoms with Crippen LogP contribution in [0.5, 0.6) is 0 Å². The molecule has 166 valence electrons. The molecule has 0 spiro atoms. The molecule has 1 saturated carbocycles. The monoisotopic (exact) mass is 411 g/mol. The molecule has 0 aromatic heterocycles. The number of para-hydroxylation sites is 1. The molecule has 2 heterocycles. The second-order valence-corrected chi connectivity index (χ2v) is 10.1. The number of carbonyl (C=O) groups is 1. The highest BCUT2D eigenvalue weighted by Gasteiger charge is 2.36. The average Bonchev–Trinajstić information content (AvgIpc) is 3.14. The molecule has 2 aliphatic heterocycles. The van der Waals surface area contributed by atoms with Gasteiger partial charge in [-0.2, -0.15) is 0 Å². The lowest BCUT2D eigenvalue weighted by molar-refractivity contribution is -0.133. The Labute approximate surface area is 183 Å². The molecule has 1 aromatic carbocycles. The van der Waals surface area contributed by atoms with Crippen molar-refractivity contribution in [1.29, 1.82) is 0 Å². The van der Waals surface area contributed by atoms with Gasteiger partial charge >= 0.3 is 0 Å². The molecule has 3 aliphatic rings. The number of hydrogen-bond donors (Lipinski definition) is 1. The maximum atomic E-state index is 13.4. The van der Waals surface area contributed by atoms with E-state index in [0.717, 1.165) is 38.4 Å². The van der Waals surface area contributed by atoms with Gasteiger partial charge < -0.3 is 10.2 Å². The van der Waals surface area contributed by atoms with Crippen molar-refractivity contribution in [2.75, 3.05) is 18.4 Å². The Kier molecular flexibility index (Phi) is 7.35. The fourth-order valence-corrected chi connectivity index (χ4v) is 6.18. The summed E-state index contributed by atoms with van der Waals surface area (Å²) in [6.07, 6.45) is 12.2. The summed E-state index contributed by atoms with van der Waals surface area (Å²) < 4.78 is 0. The molecule has 1 saturated heterocycles. The van der Waals surface area contributed by atoms with E-state index >= 15 is 0 Å². The standard InChI is InChI=1S/C26H41N3O/c1-20(2)29-23-13-14-24(29)19-28(26(30)15-12-21-8-4-3-5-9-21)18-22-10-6-7-11-25(22)27-17-16-23/h6-7,10-11,20-21,23-24,27H,3-5,8-9,12-19H2,1-2H3/t23-,24+/m1/s1. The number of hydrogen-bond acceptors (Lipinski definition) is 3. The SMILES string of the molecule is CC(C)N1[C@H]2CCNc3ccccc3CN(C(=O)CCC3CCCCC3)C[C@@H]1CC2. The summed E-state index contributed by atoms with van der Waals surface area (Å²) in [6, 6.07) is 10.2. The van der Waals surface area contributed by atoms with E-state index < -0.39 is 0 Å². The average molecular weight is 412 g/mol. The van der Waals surface area contributed by atoms with Crippen molar-refractivity contribution in [1.82, 2.24) is 9.80 Å². The Morgan fingerprint density at radius 1 is 1.03 bits per heavy atom. The Balaban J connectivity index is 1.52. The summed E-state index contributed by atoms with van der Waals surface area (Å²) in [5.41, 5.74) is 2.47. The third kappa shape index (κ3) is 5.19. The molecule has 1 aromatic rings. The Morgan fingerprint density at radius 3 is 2.60 bits per heavy atom. The largest absolute Gasteiger partial charge is 0.385 e. The lowest BCUT2D eigenvalue weighted by Gasteiger charge is -2.36. The van der Waals surface area contributed by atoms with Crippen molar-refractivity contribution in [3.05, 3.63) is 29.8 Å². The number of benzene rings is 1. The van der Waals surface area contributed by atoms with E-state index in [0.29, 0.717) is 24.0 Å². The molecule has 4 heteroatoms. The van der Waals surface area contributed by atoms with Gasteiger partial charge in [0.1, 0.15) is 0 Å². The molecule has 0 unspecified atom stereocenters. The van der Waals surface area contributed by atoms with Gasteiger partial charge in [0.2, 0.25) is 5.91 Å². The third-order valence-corrected chi connectivity index (χ3v) is 7.72. The normalized spacial score (nSPS) is 26.2. The van der Waals surface area contributed by atoms with Gasteiger partial charge in [0.05, 0.1) is 0 Å². The Morgan fingerprint density at radius 2 is 1.80 bits per heavy atom. The smallest absolute Gasteiger partial charge is 0.222 e. The van der Waals surface area contributed by atoms with Gasteiger partial charge in [-0.15, -0.1) is 0 Å². The fraction of sp³-hybridized carbons (Fsp3) is 0.731. The highest BCUT2D eigenvalue weighted by atomic mass is 16.2. The third-order valence-electron chi connectivity index (χ3n) is 7.72. The summed E-state index contributed by atoms with van der Waals surface area (Å²) in [5, 5.41) is 3.68. The molecule has 2 bridgehead atoms. The number of fused-ring (bicyclic) bond motifs is 3. The van der Waals surface area contributed by atoms with Crippen LogP contribution in [0.3, 0.4) is 0 Å². The van der Waals surface area contributed by atoms with Crippen LogP contribution in [0.4, 0.5) is 5.69 Å². The summed E-state index contributed by atoms with van der Waals surface area (Å²) in [6.45, 7) is 7.27. The van der Waals surface area contributed by atoms with E-state index in [-0.39, 0.29) is 0 Å². The zero-order valence-electron chi connectivity index (χ0n) is 19.1. The van der Waals surface area contributed by atoms with E-state index in [1.807, 2.05) is 0 Å². The van der Waals surface area contributed by atoms with Gasteiger partial charge in [0.25, 0.3) is 0 Å². The van der Waals surface area contributed by atoms with Crippen LogP contribution in [0.2, 0.25) is 0 Å². The first kappa shape index (κ1) is 21.7. The Bertz CT molecular complexity index is 697. The van der Waals surface area contributed by atoms with E-state index in [2.05, 4.69) is 53.2 Å². The van der Waals surface area contributed by atoms with Gasteiger partial charge in [-0.1, -0.05) is 50.3 Å². The van der Waals surface area contributed by atoms with Gasteiger partial charge in [-0.25, -0.2) is 0 Å². The summed E-state index contributed by atoms with van der Waals surface area (Å²) in [7, 11) is 0. The van der Waals surface area contributed by atoms with Crippen molar-refractivity contribution >= 4 is 11.6 Å². The number of amides is 1. The van der Waals surface area contributed by atoms with Crippen LogP contribution in [0.25, 0.3) is 0 Å². The van der Waals surface area contributed by atoms with Crippen molar-refractivity contribution in [2.24, 2.45) is 5.92 Å². The first-order valence-electron chi connectivity index (χ1n) is 12.5. The summed E-state index contributed by atoms with van der Waals surface area (Å²) in [4.78, 5) is 18.3. The van der Waals surface area contributed by atoms with Crippen molar-refractivity contribution in [3.63, 3.8) is 0 Å². The highest BCUT2D eigenvalue weighted by Crippen LogP contribution is 2.32. The van der Waals surface area contributed by atoms with Crippen molar-refractivity contribution in [2.45, 2.75) is 103 Å². The maximum absolute atomic E-state index is 13.4. The van der Waals surface area contributed by atoms with Crippen LogP contribution >= 0.6 is 0 Å². The fourth-order valence-electron chi connectivity index (χ4n) is 6.18. The number of nitrogens with one attached hydrogen (secondary N) is 1. The molecule has 2 fully saturated rings. The molecule has 30 heavy (non-hydrogen) atoms. The maximum Gasteiger partial charge on any atom is 0.222 e. The van der Waals surface area contributed by atoms with Gasteiger partial charge in [-0.05, 0) is 57.1 Å². The topological polar surface area (TPSA) is 35.6 Å². The number of anilines is 1. The van der Waals surface area contributed by atoms with E-state index in [4.69, 9.17) is 0 Å². The zero-order valence-corrected chi connectivity index (χ0v) is 19.1. The molecule has 2 atom stereocenters. The molecule has 1 amide bonds. The lowest BCUT2D eigenvalue weighted by atomic mass is 9.86. The van der Waals surface area contributed by atoms with Crippen LogP contribution in [0.15, 0.2) is 24.3 Å². The minimum Gasteiger partial charge on any atom is -0.385 e. The summed E-state index contributed by atoms with van der Waals surface area (Å²) in [5.74, 6) is 1.13. The minimum absolute atomic E-state index is 0.363. The van der Waals surface area contributed by atoms with Gasteiger partial charge in [0, 0.05) is 49.9 Å². The predicted molar refractivity (Wildman–Crippen MR) is 125 cm³/mol. The van der Waals surface area contributed by atoms with Crippen LogP contribution in [-0.4, -0.2) is 46.9 Å². The first-order valence-corrected chi connectivity index (χ1v) is 12.5. The molecular formula is C26H41N3O. The van der Waals surface area contributed by atoms with Crippen molar-refractivity contribution < 1.29 is 4.79 Å². The van der Waals surface area contributed by atoms with Crippen LogP contribution < -0.4 is 5.32 Å². The quantitative estimate of drug-likeness (QED) is 0.717. The van der Waals surface area contributed by atoms with E-state index in [9.17, 15) is 4.79 Å².